The van der Waals surface area contributed by atoms with Gasteiger partial charge in [-0.05, 0) is 87.7 Å². The molecule has 0 saturated carbocycles. The second-order valence-corrected chi connectivity index (χ2v) is 19.7. The fraction of sp³-hybridized carbons (Fsp3) is 0.0909. The van der Waals surface area contributed by atoms with E-state index in [-0.39, 0.29) is 42.8 Å². The van der Waals surface area contributed by atoms with Crippen LogP contribution < -0.4 is 31.1 Å². The molecular formula is C66H48BN3O3. The van der Waals surface area contributed by atoms with Gasteiger partial charge in [0.2, 0.25) is 17.6 Å². The number of hydrogen-bond donors (Lipinski definition) is 0. The average Bonchev–Trinajstić information content (AvgIpc) is 4.17. The molecule has 348 valence electrons. The zero-order valence-electron chi connectivity index (χ0n) is 39.9. The monoisotopic (exact) mass is 941 g/mol. The number of fused-ring (bicyclic) bond motifs is 7. The van der Waals surface area contributed by atoms with Crippen LogP contribution in [0.15, 0.2) is 273 Å². The Morgan fingerprint density at radius 1 is 0.356 bits per heavy atom. The van der Waals surface area contributed by atoms with E-state index >= 15 is 0 Å². The van der Waals surface area contributed by atoms with Crippen LogP contribution in [0.4, 0.5) is 34.1 Å². The zero-order chi connectivity index (χ0) is 48.0. The molecule has 0 saturated heterocycles. The first-order valence-corrected chi connectivity index (χ1v) is 25.5. The number of para-hydroxylation sites is 3. The number of ether oxygens (including phenoxy) is 3. The largest absolute Gasteiger partial charge is 0.470 e. The maximum Gasteiger partial charge on any atom is 0.252 e. The second kappa shape index (κ2) is 16.9. The normalized spacial score (nSPS) is 23.1. The summed E-state index contributed by atoms with van der Waals surface area (Å²) in [5.74, 6) is 2.46. The van der Waals surface area contributed by atoms with Gasteiger partial charge in [-0.2, -0.15) is 0 Å². The lowest BCUT2D eigenvalue weighted by Gasteiger charge is -2.45. The highest BCUT2D eigenvalue weighted by atomic mass is 16.5. The fourth-order valence-electron chi connectivity index (χ4n) is 12.6. The van der Waals surface area contributed by atoms with E-state index in [1.807, 2.05) is 0 Å². The van der Waals surface area contributed by atoms with Crippen molar-refractivity contribution in [2.24, 2.45) is 17.8 Å². The van der Waals surface area contributed by atoms with Crippen molar-refractivity contribution in [2.45, 2.75) is 18.3 Å². The molecule has 0 radical (unpaired) electrons. The zero-order valence-corrected chi connectivity index (χ0v) is 39.9. The minimum absolute atomic E-state index is 0.00517. The first-order valence-electron chi connectivity index (χ1n) is 25.5. The van der Waals surface area contributed by atoms with E-state index in [1.165, 1.54) is 16.4 Å². The molecule has 0 aromatic heterocycles. The summed E-state index contributed by atoms with van der Waals surface area (Å²) in [5, 5.41) is 0. The molecule has 5 heterocycles. The maximum atomic E-state index is 7.41. The van der Waals surface area contributed by atoms with Gasteiger partial charge in [-0.25, -0.2) is 0 Å². The summed E-state index contributed by atoms with van der Waals surface area (Å²) in [6.07, 6.45) is 25.8. The number of nitrogens with zero attached hydrogens (tertiary/aromatic N) is 3. The molecular weight excluding hydrogens is 894 g/mol. The summed E-state index contributed by atoms with van der Waals surface area (Å²) in [7, 11) is 0. The van der Waals surface area contributed by atoms with Crippen LogP contribution in [0.3, 0.4) is 0 Å². The van der Waals surface area contributed by atoms with Gasteiger partial charge in [0.1, 0.15) is 18.3 Å². The molecule has 0 spiro atoms. The molecule has 6 unspecified atom stereocenters. The van der Waals surface area contributed by atoms with Crippen molar-refractivity contribution in [3.63, 3.8) is 0 Å². The quantitative estimate of drug-likeness (QED) is 0.141. The van der Waals surface area contributed by atoms with Crippen molar-refractivity contribution in [1.29, 1.82) is 0 Å². The third kappa shape index (κ3) is 6.51. The highest BCUT2D eigenvalue weighted by Gasteiger charge is 2.50. The van der Waals surface area contributed by atoms with Crippen LogP contribution in [0, 0.1) is 17.8 Å². The van der Waals surface area contributed by atoms with Crippen LogP contribution in [-0.2, 0) is 14.2 Å². The van der Waals surface area contributed by atoms with Crippen LogP contribution >= 0.6 is 0 Å². The average molecular weight is 942 g/mol. The predicted octanol–water partition coefficient (Wildman–Crippen LogP) is 12.8. The molecule has 15 rings (SSSR count). The van der Waals surface area contributed by atoms with Crippen LogP contribution in [0.5, 0.6) is 0 Å². The van der Waals surface area contributed by atoms with Crippen LogP contribution in [-0.4, -0.2) is 25.0 Å². The highest BCUT2D eigenvalue weighted by molar-refractivity contribution is 7.00. The molecule has 0 fully saturated rings. The van der Waals surface area contributed by atoms with Gasteiger partial charge in [0.15, 0.2) is 0 Å². The van der Waals surface area contributed by atoms with E-state index in [0.717, 1.165) is 85.2 Å². The summed E-state index contributed by atoms with van der Waals surface area (Å²) in [4.78, 5) is 7.23. The van der Waals surface area contributed by atoms with Crippen LogP contribution in [0.25, 0.3) is 16.7 Å². The summed E-state index contributed by atoms with van der Waals surface area (Å²) in [6, 6.07) is 65.8. The standard InChI is InChI=1S/C66H48BN3O3/c1-5-23-43(24-6-1)60-48-31-13-20-38-57(48)71-64(60)68(46-29-11-4-12-30-46)47-41-55-63-56(42-47)70(66-62(45-27-9-3-10-28-45)50-33-15-22-40-59(50)73-66)54-37-19-17-35-52(54)67(63)51-34-16-18-36-53(51)69(55)65-61(44-25-7-2-8-26-44)49-32-14-21-39-58(49)72-65/h1-42,48-50,57-59H. The van der Waals surface area contributed by atoms with Crippen molar-refractivity contribution < 1.29 is 14.2 Å². The number of anilines is 6. The SMILES string of the molecule is C1=CC2OC(N(c3ccccc3)c3cc4c5c(c3)N(C3=C(c6ccccc6)C6C=CC=CC6O3)c3ccccc3B5c3ccccc3N4C3=C(c4ccccc4)C4C=CC=CC4O3)=C(c3ccccc3)C2C=C1. The summed E-state index contributed by atoms with van der Waals surface area (Å²) in [5.41, 5.74) is 16.6. The topological polar surface area (TPSA) is 37.4 Å². The van der Waals surface area contributed by atoms with Gasteiger partial charge in [-0.15, -0.1) is 0 Å². The Kier molecular flexibility index (Phi) is 9.65. The molecule has 8 aliphatic rings. The smallest absolute Gasteiger partial charge is 0.252 e. The minimum Gasteiger partial charge on any atom is -0.470 e. The van der Waals surface area contributed by atoms with Crippen molar-refractivity contribution in [1.82, 2.24) is 0 Å². The summed E-state index contributed by atoms with van der Waals surface area (Å²) in [6.45, 7) is -0.127. The Balaban J connectivity index is 1.07. The van der Waals surface area contributed by atoms with Gasteiger partial charge < -0.3 is 14.2 Å². The Bertz CT molecular complexity index is 3500. The molecule has 0 bridgehead atoms. The van der Waals surface area contributed by atoms with Gasteiger partial charge in [-0.3, -0.25) is 14.7 Å². The highest BCUT2D eigenvalue weighted by Crippen LogP contribution is 2.54. The molecule has 0 N–H and O–H groups in total. The molecule has 3 aliphatic carbocycles. The molecule has 6 atom stereocenters. The van der Waals surface area contributed by atoms with Crippen molar-refractivity contribution in [3.05, 3.63) is 289 Å². The molecule has 7 aromatic rings. The van der Waals surface area contributed by atoms with Crippen LogP contribution in [0.2, 0.25) is 0 Å². The van der Waals surface area contributed by atoms with Crippen molar-refractivity contribution in [3.8, 4) is 0 Å². The van der Waals surface area contributed by atoms with E-state index < -0.39 is 0 Å². The predicted molar refractivity (Wildman–Crippen MR) is 297 cm³/mol. The summed E-state index contributed by atoms with van der Waals surface area (Å²) >= 11 is 0. The first kappa shape index (κ1) is 41.8. The van der Waals surface area contributed by atoms with E-state index in [4.69, 9.17) is 14.2 Å². The molecule has 73 heavy (non-hydrogen) atoms. The Hall–Kier alpha value is -8.94. The van der Waals surface area contributed by atoms with E-state index in [0.29, 0.717) is 0 Å². The second-order valence-electron chi connectivity index (χ2n) is 19.7. The van der Waals surface area contributed by atoms with Gasteiger partial charge in [0.25, 0.3) is 6.71 Å². The van der Waals surface area contributed by atoms with Gasteiger partial charge in [-0.1, -0.05) is 200 Å². The lowest BCUT2D eigenvalue weighted by atomic mass is 9.33. The van der Waals surface area contributed by atoms with E-state index in [1.54, 1.807) is 0 Å². The van der Waals surface area contributed by atoms with Gasteiger partial charge in [0, 0.05) is 62.9 Å². The lowest BCUT2D eigenvalue weighted by Crippen LogP contribution is -2.62. The third-order valence-electron chi connectivity index (χ3n) is 15.7. The number of benzene rings is 7. The fourth-order valence-corrected chi connectivity index (χ4v) is 12.6. The molecule has 5 aliphatic heterocycles. The number of rotatable bonds is 8. The molecule has 7 aromatic carbocycles. The first-order chi connectivity index (χ1) is 36.3. The van der Waals surface area contributed by atoms with E-state index in [2.05, 4.69) is 270 Å². The molecule has 6 nitrogen and oxygen atoms in total. The van der Waals surface area contributed by atoms with Crippen molar-refractivity contribution in [2.75, 3.05) is 14.7 Å². The number of allylic oxidation sites excluding steroid dienone is 6. The molecule has 7 heteroatoms. The van der Waals surface area contributed by atoms with Gasteiger partial charge in [0.05, 0.1) is 5.69 Å². The number of hydrogen-bond acceptors (Lipinski definition) is 6. The third-order valence-corrected chi connectivity index (χ3v) is 15.7. The molecule has 0 amide bonds. The van der Waals surface area contributed by atoms with Crippen molar-refractivity contribution >= 4 is 73.9 Å². The van der Waals surface area contributed by atoms with Gasteiger partial charge >= 0.3 is 0 Å². The minimum atomic E-state index is -0.182. The maximum absolute atomic E-state index is 7.41. The van der Waals surface area contributed by atoms with E-state index in [9.17, 15) is 0 Å². The Morgan fingerprint density at radius 2 is 0.740 bits per heavy atom. The van der Waals surface area contributed by atoms with Crippen LogP contribution in [0.1, 0.15) is 16.7 Å². The Morgan fingerprint density at radius 3 is 1.22 bits per heavy atom. The summed E-state index contributed by atoms with van der Waals surface area (Å²) < 4.78 is 22.2. The lowest BCUT2D eigenvalue weighted by molar-refractivity contribution is 0.162. The Labute approximate surface area is 426 Å².